The quantitative estimate of drug-likeness (QED) is 0.767. The van der Waals surface area contributed by atoms with Gasteiger partial charge in [-0.3, -0.25) is 4.79 Å². The maximum atomic E-state index is 12.0. The number of rotatable bonds is 2. The molecule has 0 amide bonds. The van der Waals surface area contributed by atoms with E-state index < -0.39 is 5.97 Å². The van der Waals surface area contributed by atoms with Crippen molar-refractivity contribution in [3.8, 4) is 0 Å². The van der Waals surface area contributed by atoms with Gasteiger partial charge in [0.05, 0.1) is 0 Å². The SMILES string of the molecule is CC1=C(OC(=O)c2cccs2)C(=O)CC(C)(C)C1. The van der Waals surface area contributed by atoms with Crippen molar-refractivity contribution in [2.24, 2.45) is 5.41 Å². The number of allylic oxidation sites excluding steroid dienone is 2. The van der Waals surface area contributed by atoms with Crippen molar-refractivity contribution in [1.82, 2.24) is 0 Å². The number of Topliss-reactive ketones (excluding diaryl/α,β-unsaturated/α-hetero) is 1. The van der Waals surface area contributed by atoms with Crippen LogP contribution in [-0.2, 0) is 9.53 Å². The number of carbonyl (C=O) groups excluding carboxylic acids is 2. The van der Waals surface area contributed by atoms with Gasteiger partial charge in [0.1, 0.15) is 4.88 Å². The van der Waals surface area contributed by atoms with Gasteiger partial charge in [0.25, 0.3) is 0 Å². The molecule has 96 valence electrons. The van der Waals surface area contributed by atoms with Crippen LogP contribution in [0, 0.1) is 5.41 Å². The molecule has 3 nitrogen and oxygen atoms in total. The Hall–Kier alpha value is -1.42. The molecule has 18 heavy (non-hydrogen) atoms. The number of carbonyl (C=O) groups is 2. The third-order valence-corrected chi connectivity index (χ3v) is 3.79. The summed E-state index contributed by atoms with van der Waals surface area (Å²) in [4.78, 5) is 24.3. The lowest BCUT2D eigenvalue weighted by Gasteiger charge is -2.30. The molecule has 0 saturated carbocycles. The van der Waals surface area contributed by atoms with Crippen LogP contribution in [0.2, 0.25) is 0 Å². The smallest absolute Gasteiger partial charge is 0.353 e. The zero-order valence-corrected chi connectivity index (χ0v) is 11.6. The largest absolute Gasteiger partial charge is 0.419 e. The van der Waals surface area contributed by atoms with E-state index >= 15 is 0 Å². The summed E-state index contributed by atoms with van der Waals surface area (Å²) >= 11 is 1.31. The normalized spacial score (nSPS) is 18.9. The van der Waals surface area contributed by atoms with Gasteiger partial charge in [0, 0.05) is 6.42 Å². The van der Waals surface area contributed by atoms with E-state index in [0.29, 0.717) is 11.3 Å². The van der Waals surface area contributed by atoms with Crippen LogP contribution in [0.5, 0.6) is 0 Å². The predicted molar refractivity (Wildman–Crippen MR) is 70.5 cm³/mol. The van der Waals surface area contributed by atoms with E-state index in [9.17, 15) is 9.59 Å². The first kappa shape index (κ1) is 13.0. The third kappa shape index (κ3) is 2.70. The van der Waals surface area contributed by atoms with Crippen molar-refractivity contribution in [1.29, 1.82) is 0 Å². The molecule has 1 aliphatic rings. The van der Waals surface area contributed by atoms with Crippen LogP contribution < -0.4 is 0 Å². The summed E-state index contributed by atoms with van der Waals surface area (Å²) in [6, 6.07) is 3.48. The van der Waals surface area contributed by atoms with Gasteiger partial charge in [-0.2, -0.15) is 0 Å². The second-order valence-electron chi connectivity index (χ2n) is 5.42. The molecule has 0 saturated heterocycles. The van der Waals surface area contributed by atoms with E-state index in [1.54, 1.807) is 12.1 Å². The number of thiophene rings is 1. The topological polar surface area (TPSA) is 43.4 Å². The number of hydrogen-bond acceptors (Lipinski definition) is 4. The van der Waals surface area contributed by atoms with Crippen LogP contribution in [0.3, 0.4) is 0 Å². The first-order valence-electron chi connectivity index (χ1n) is 5.88. The number of hydrogen-bond donors (Lipinski definition) is 0. The molecular formula is C14H16O3S. The van der Waals surface area contributed by atoms with E-state index in [1.807, 2.05) is 26.2 Å². The third-order valence-electron chi connectivity index (χ3n) is 2.94. The van der Waals surface area contributed by atoms with Gasteiger partial charge in [0.2, 0.25) is 0 Å². The minimum atomic E-state index is -0.438. The van der Waals surface area contributed by atoms with E-state index in [1.165, 1.54) is 11.3 Å². The summed E-state index contributed by atoms with van der Waals surface area (Å²) in [6.07, 6.45) is 1.21. The monoisotopic (exact) mass is 264 g/mol. The lowest BCUT2D eigenvalue weighted by atomic mass is 9.76. The van der Waals surface area contributed by atoms with Gasteiger partial charge in [-0.15, -0.1) is 11.3 Å². The molecule has 1 aromatic rings. The molecule has 0 bridgehead atoms. The fraction of sp³-hybridized carbons (Fsp3) is 0.429. The molecule has 4 heteroatoms. The van der Waals surface area contributed by atoms with Gasteiger partial charge in [0.15, 0.2) is 11.5 Å². The first-order valence-corrected chi connectivity index (χ1v) is 6.76. The van der Waals surface area contributed by atoms with Crippen molar-refractivity contribution in [2.45, 2.75) is 33.6 Å². The fourth-order valence-electron chi connectivity index (χ4n) is 2.30. The Labute approximate surface area is 110 Å². The van der Waals surface area contributed by atoms with E-state index in [0.717, 1.165) is 12.0 Å². The highest BCUT2D eigenvalue weighted by Crippen LogP contribution is 2.37. The molecule has 0 aromatic carbocycles. The Bertz CT molecular complexity index is 509. The summed E-state index contributed by atoms with van der Waals surface area (Å²) in [7, 11) is 0. The maximum Gasteiger partial charge on any atom is 0.353 e. The molecule has 0 N–H and O–H groups in total. The summed E-state index contributed by atoms with van der Waals surface area (Å²) in [5.41, 5.74) is 0.821. The van der Waals surface area contributed by atoms with Crippen molar-refractivity contribution >= 4 is 23.1 Å². The fourth-order valence-corrected chi connectivity index (χ4v) is 2.89. The lowest BCUT2D eigenvalue weighted by molar-refractivity contribution is -0.121. The van der Waals surface area contributed by atoms with Crippen LogP contribution >= 0.6 is 11.3 Å². The second-order valence-corrected chi connectivity index (χ2v) is 6.36. The standard InChI is InChI=1S/C14H16O3S/c1-9-7-14(2,3)8-10(15)12(9)17-13(16)11-5-4-6-18-11/h4-6H,7-8H2,1-3H3. The van der Waals surface area contributed by atoms with E-state index in [-0.39, 0.29) is 17.0 Å². The molecule has 0 spiro atoms. The number of ketones is 1. The summed E-state index contributed by atoms with van der Waals surface area (Å²) in [5, 5.41) is 1.81. The Morgan fingerprint density at radius 1 is 1.39 bits per heavy atom. The first-order chi connectivity index (χ1) is 8.39. The summed E-state index contributed by atoms with van der Waals surface area (Å²) in [5.74, 6) is -0.270. The van der Waals surface area contributed by atoms with Crippen molar-refractivity contribution < 1.29 is 14.3 Å². The molecule has 1 aromatic heterocycles. The predicted octanol–water partition coefficient (Wildman–Crippen LogP) is 3.57. The Balaban J connectivity index is 2.19. The second kappa shape index (κ2) is 4.69. The average Bonchev–Trinajstić information content (AvgIpc) is 2.75. The zero-order chi connectivity index (χ0) is 13.3. The Kier molecular flexibility index (Phi) is 3.39. The van der Waals surface area contributed by atoms with Gasteiger partial charge in [-0.05, 0) is 35.8 Å². The van der Waals surface area contributed by atoms with Crippen LogP contribution in [-0.4, -0.2) is 11.8 Å². The van der Waals surface area contributed by atoms with Crippen molar-refractivity contribution in [2.75, 3.05) is 0 Å². The molecule has 0 radical (unpaired) electrons. The minimum Gasteiger partial charge on any atom is -0.419 e. The van der Waals surface area contributed by atoms with E-state index in [2.05, 4.69) is 0 Å². The van der Waals surface area contributed by atoms with Crippen LogP contribution in [0.4, 0.5) is 0 Å². The summed E-state index contributed by atoms with van der Waals surface area (Å²) < 4.78 is 5.26. The van der Waals surface area contributed by atoms with Gasteiger partial charge < -0.3 is 4.74 Å². The number of ether oxygens (including phenoxy) is 1. The van der Waals surface area contributed by atoms with Crippen molar-refractivity contribution in [3.05, 3.63) is 33.7 Å². The van der Waals surface area contributed by atoms with Crippen molar-refractivity contribution in [3.63, 3.8) is 0 Å². The molecule has 2 rings (SSSR count). The highest BCUT2D eigenvalue weighted by Gasteiger charge is 2.33. The minimum absolute atomic E-state index is 0.0417. The van der Waals surface area contributed by atoms with Crippen LogP contribution in [0.25, 0.3) is 0 Å². The summed E-state index contributed by atoms with van der Waals surface area (Å²) in [6.45, 7) is 5.95. The molecule has 0 atom stereocenters. The highest BCUT2D eigenvalue weighted by atomic mass is 32.1. The molecule has 1 heterocycles. The Morgan fingerprint density at radius 2 is 2.11 bits per heavy atom. The van der Waals surface area contributed by atoms with Gasteiger partial charge in [-0.25, -0.2) is 4.79 Å². The molecule has 0 fully saturated rings. The van der Waals surface area contributed by atoms with Crippen LogP contribution in [0.1, 0.15) is 43.3 Å². The zero-order valence-electron chi connectivity index (χ0n) is 10.8. The molecule has 1 aliphatic carbocycles. The molecule has 0 aliphatic heterocycles. The Morgan fingerprint density at radius 3 is 2.67 bits per heavy atom. The maximum absolute atomic E-state index is 12.0. The highest BCUT2D eigenvalue weighted by molar-refractivity contribution is 7.11. The van der Waals surface area contributed by atoms with Gasteiger partial charge >= 0.3 is 5.97 Å². The number of esters is 1. The lowest BCUT2D eigenvalue weighted by Crippen LogP contribution is -2.27. The average molecular weight is 264 g/mol. The van der Waals surface area contributed by atoms with Gasteiger partial charge in [-0.1, -0.05) is 19.9 Å². The van der Waals surface area contributed by atoms with E-state index in [4.69, 9.17) is 4.74 Å². The van der Waals surface area contributed by atoms with Crippen LogP contribution in [0.15, 0.2) is 28.8 Å². The molecular weight excluding hydrogens is 248 g/mol. The molecule has 0 unspecified atom stereocenters.